The Morgan fingerprint density at radius 1 is 1.26 bits per heavy atom. The Kier molecular flexibility index (Phi) is 6.05. The monoisotopic (exact) mass is 485 g/mol. The minimum Gasteiger partial charge on any atom is -0.465 e. The van der Waals surface area contributed by atoms with Crippen LogP contribution in [0.4, 0.5) is 10.6 Å². The van der Waals surface area contributed by atoms with Crippen LogP contribution < -0.4 is 11.1 Å². The molecule has 34 heavy (non-hydrogen) atoms. The Bertz CT molecular complexity index is 1400. The molecule has 12 heteroatoms. The van der Waals surface area contributed by atoms with Crippen molar-refractivity contribution >= 4 is 51.4 Å². The third-order valence-corrected chi connectivity index (χ3v) is 5.34. The predicted octanol–water partition coefficient (Wildman–Crippen LogP) is 3.52. The first kappa shape index (κ1) is 23.3. The van der Waals surface area contributed by atoms with Gasteiger partial charge in [-0.3, -0.25) is 0 Å². The van der Waals surface area contributed by atoms with Crippen molar-refractivity contribution in [2.45, 2.75) is 32.9 Å². The zero-order valence-electron chi connectivity index (χ0n) is 19.1. The maximum atomic E-state index is 12.0. The van der Waals surface area contributed by atoms with E-state index in [2.05, 4.69) is 25.4 Å². The molecule has 0 radical (unpaired) electrons. The van der Waals surface area contributed by atoms with Crippen LogP contribution in [-0.2, 0) is 16.0 Å². The van der Waals surface area contributed by atoms with Crippen molar-refractivity contribution in [3.05, 3.63) is 35.1 Å². The standard InChI is InChI=1S/C22H24ClN7O4/c1-22(2,3)34-21(32)25-7-8-30-19-14(18(24)26-10-27-19)16(29-30)17-15(23)12-6-5-11(20(31)33-4)9-13(12)28-17/h5-6,9-10,28H,7-8H2,1-4H3,(H,25,32)(H2,24,26,27). The molecule has 0 saturated heterocycles. The lowest BCUT2D eigenvalue weighted by Crippen LogP contribution is -2.34. The summed E-state index contributed by atoms with van der Waals surface area (Å²) >= 11 is 6.67. The van der Waals surface area contributed by atoms with Crippen LogP contribution in [0, 0.1) is 0 Å². The number of H-pyrrole nitrogens is 1. The van der Waals surface area contributed by atoms with Crippen molar-refractivity contribution in [3.63, 3.8) is 0 Å². The van der Waals surface area contributed by atoms with Gasteiger partial charge in [0.15, 0.2) is 5.65 Å². The Hall–Kier alpha value is -3.86. The number of hydrogen-bond acceptors (Lipinski definition) is 8. The number of alkyl carbamates (subject to hydrolysis) is 1. The highest BCUT2D eigenvalue weighted by Crippen LogP contribution is 2.38. The molecule has 0 bridgehead atoms. The summed E-state index contributed by atoms with van der Waals surface area (Å²) in [5.41, 5.74) is 8.02. The highest BCUT2D eigenvalue weighted by atomic mass is 35.5. The number of aromatic amines is 1. The quantitative estimate of drug-likeness (QED) is 0.363. The van der Waals surface area contributed by atoms with E-state index in [1.54, 1.807) is 43.7 Å². The first-order valence-corrected chi connectivity index (χ1v) is 10.8. The van der Waals surface area contributed by atoms with E-state index in [0.29, 0.717) is 50.5 Å². The number of ether oxygens (including phenoxy) is 2. The summed E-state index contributed by atoms with van der Waals surface area (Å²) in [5, 5.41) is 8.98. The number of benzene rings is 1. The van der Waals surface area contributed by atoms with Gasteiger partial charge < -0.3 is 25.5 Å². The number of nitrogens with zero attached hydrogens (tertiary/aromatic N) is 4. The number of rotatable bonds is 5. The van der Waals surface area contributed by atoms with Crippen molar-refractivity contribution < 1.29 is 19.1 Å². The van der Waals surface area contributed by atoms with Gasteiger partial charge in [0.05, 0.1) is 35.3 Å². The molecule has 0 atom stereocenters. The molecule has 0 unspecified atom stereocenters. The average Bonchev–Trinajstić information content (AvgIpc) is 3.30. The molecule has 0 aliphatic carbocycles. The van der Waals surface area contributed by atoms with Crippen molar-refractivity contribution in [3.8, 4) is 11.4 Å². The van der Waals surface area contributed by atoms with Crippen molar-refractivity contribution in [2.75, 3.05) is 19.4 Å². The molecule has 0 aliphatic heterocycles. The zero-order valence-corrected chi connectivity index (χ0v) is 19.9. The summed E-state index contributed by atoms with van der Waals surface area (Å²) in [5.74, 6) is -0.227. The fourth-order valence-electron chi connectivity index (χ4n) is 3.51. The van der Waals surface area contributed by atoms with Crippen molar-refractivity contribution in [1.29, 1.82) is 0 Å². The van der Waals surface area contributed by atoms with Crippen LogP contribution in [0.25, 0.3) is 33.3 Å². The number of halogens is 1. The fraction of sp³-hybridized carbons (Fsp3) is 0.318. The number of nitrogen functional groups attached to an aromatic ring is 1. The number of amides is 1. The van der Waals surface area contributed by atoms with Gasteiger partial charge in [0.2, 0.25) is 0 Å². The highest BCUT2D eigenvalue weighted by Gasteiger charge is 2.23. The normalized spacial score (nSPS) is 11.7. The summed E-state index contributed by atoms with van der Waals surface area (Å²) in [6, 6.07) is 5.02. The molecule has 4 aromatic rings. The molecule has 0 aliphatic rings. The van der Waals surface area contributed by atoms with Gasteiger partial charge >= 0.3 is 12.1 Å². The Morgan fingerprint density at radius 2 is 2.03 bits per heavy atom. The number of carbonyl (C=O) groups is 2. The summed E-state index contributed by atoms with van der Waals surface area (Å²) in [7, 11) is 1.32. The first-order chi connectivity index (χ1) is 16.1. The number of aromatic nitrogens is 5. The molecule has 4 rings (SSSR count). The number of nitrogens with two attached hydrogens (primary N) is 1. The largest absolute Gasteiger partial charge is 0.465 e. The van der Waals surface area contributed by atoms with Gasteiger partial charge in [0.25, 0.3) is 0 Å². The average molecular weight is 486 g/mol. The molecular weight excluding hydrogens is 462 g/mol. The second kappa shape index (κ2) is 8.82. The lowest BCUT2D eigenvalue weighted by molar-refractivity contribution is 0.0524. The summed E-state index contributed by atoms with van der Waals surface area (Å²) < 4.78 is 11.7. The van der Waals surface area contributed by atoms with Crippen LogP contribution in [0.1, 0.15) is 31.1 Å². The lowest BCUT2D eigenvalue weighted by atomic mass is 10.1. The predicted molar refractivity (Wildman–Crippen MR) is 128 cm³/mol. The molecule has 3 heterocycles. The van der Waals surface area contributed by atoms with Gasteiger partial charge in [-0.1, -0.05) is 17.7 Å². The third-order valence-electron chi connectivity index (χ3n) is 4.94. The van der Waals surface area contributed by atoms with Crippen LogP contribution in [0.5, 0.6) is 0 Å². The molecule has 3 aromatic heterocycles. The summed E-state index contributed by atoms with van der Waals surface area (Å²) in [4.78, 5) is 35.5. The van der Waals surface area contributed by atoms with E-state index < -0.39 is 17.7 Å². The van der Waals surface area contributed by atoms with E-state index in [1.165, 1.54) is 13.4 Å². The molecular formula is C22H24ClN7O4. The summed E-state index contributed by atoms with van der Waals surface area (Å²) in [6.45, 7) is 5.92. The smallest absolute Gasteiger partial charge is 0.407 e. The molecule has 0 saturated carbocycles. The zero-order chi connectivity index (χ0) is 24.6. The number of esters is 1. The van der Waals surface area contributed by atoms with E-state index in [1.807, 2.05) is 0 Å². The lowest BCUT2D eigenvalue weighted by Gasteiger charge is -2.19. The van der Waals surface area contributed by atoms with E-state index >= 15 is 0 Å². The van der Waals surface area contributed by atoms with E-state index in [9.17, 15) is 9.59 Å². The van der Waals surface area contributed by atoms with E-state index in [-0.39, 0.29) is 12.4 Å². The fourth-order valence-corrected chi connectivity index (χ4v) is 3.81. The minimum atomic E-state index is -0.600. The second-order valence-corrected chi connectivity index (χ2v) is 8.90. The van der Waals surface area contributed by atoms with Gasteiger partial charge in [-0.15, -0.1) is 0 Å². The van der Waals surface area contributed by atoms with Crippen LogP contribution in [-0.4, -0.2) is 56.1 Å². The van der Waals surface area contributed by atoms with Gasteiger partial charge in [-0.25, -0.2) is 24.2 Å². The molecule has 0 fully saturated rings. The maximum absolute atomic E-state index is 12.0. The van der Waals surface area contributed by atoms with E-state index in [0.717, 1.165) is 0 Å². The number of carbonyl (C=O) groups excluding carboxylic acids is 2. The number of hydrogen-bond donors (Lipinski definition) is 3. The van der Waals surface area contributed by atoms with Crippen molar-refractivity contribution in [1.82, 2.24) is 30.0 Å². The van der Waals surface area contributed by atoms with Crippen LogP contribution in [0.3, 0.4) is 0 Å². The topological polar surface area (TPSA) is 150 Å². The first-order valence-electron chi connectivity index (χ1n) is 10.4. The number of fused-ring (bicyclic) bond motifs is 2. The number of nitrogens with one attached hydrogen (secondary N) is 2. The Morgan fingerprint density at radius 3 is 2.74 bits per heavy atom. The van der Waals surface area contributed by atoms with Crippen LogP contribution >= 0.6 is 11.6 Å². The summed E-state index contributed by atoms with van der Waals surface area (Å²) in [6.07, 6.45) is 0.814. The molecule has 178 valence electrons. The van der Waals surface area contributed by atoms with Gasteiger partial charge in [-0.05, 0) is 32.9 Å². The van der Waals surface area contributed by atoms with Gasteiger partial charge in [-0.2, -0.15) is 5.10 Å². The number of anilines is 1. The Labute approximate surface area is 199 Å². The highest BCUT2D eigenvalue weighted by molar-refractivity contribution is 6.38. The van der Waals surface area contributed by atoms with Crippen LogP contribution in [0.2, 0.25) is 5.02 Å². The van der Waals surface area contributed by atoms with Crippen LogP contribution in [0.15, 0.2) is 24.5 Å². The minimum absolute atomic E-state index is 0.233. The molecule has 1 amide bonds. The maximum Gasteiger partial charge on any atom is 0.407 e. The van der Waals surface area contributed by atoms with Gasteiger partial charge in [0, 0.05) is 17.4 Å². The molecule has 11 nitrogen and oxygen atoms in total. The Balaban J connectivity index is 1.71. The van der Waals surface area contributed by atoms with Gasteiger partial charge in [0.1, 0.15) is 23.4 Å². The molecule has 0 spiro atoms. The molecule has 4 N–H and O–H groups in total. The SMILES string of the molecule is COC(=O)c1ccc2c(Cl)c(-c3nn(CCNC(=O)OC(C)(C)C)c4ncnc(N)c34)[nH]c2c1. The van der Waals surface area contributed by atoms with E-state index in [4.69, 9.17) is 26.8 Å². The number of methoxy groups -OCH3 is 1. The molecule has 1 aromatic carbocycles. The van der Waals surface area contributed by atoms with Crippen molar-refractivity contribution in [2.24, 2.45) is 0 Å². The third kappa shape index (κ3) is 4.46. The second-order valence-electron chi connectivity index (χ2n) is 8.52.